The summed E-state index contributed by atoms with van der Waals surface area (Å²) in [5.74, 6) is -0.658. The maximum atomic E-state index is 13.0. The van der Waals surface area contributed by atoms with Gasteiger partial charge in [-0.05, 0) is 36.6 Å². The summed E-state index contributed by atoms with van der Waals surface area (Å²) in [4.78, 5) is 19.7. The SMILES string of the molecule is C=C/C=C(\C=C)CCc1cc(NC(=O)Nc2ccnc(F)c2)ccn1. The topological polar surface area (TPSA) is 66.9 Å². The van der Waals surface area contributed by atoms with E-state index in [2.05, 4.69) is 33.8 Å². The van der Waals surface area contributed by atoms with E-state index in [1.807, 2.05) is 6.08 Å². The number of carbonyl (C=O) groups is 1. The number of aromatic nitrogens is 2. The van der Waals surface area contributed by atoms with Gasteiger partial charge in [-0.1, -0.05) is 31.4 Å². The summed E-state index contributed by atoms with van der Waals surface area (Å²) in [5, 5.41) is 5.24. The third-order valence-corrected chi connectivity index (χ3v) is 3.32. The number of urea groups is 1. The lowest BCUT2D eigenvalue weighted by atomic mass is 10.1. The minimum Gasteiger partial charge on any atom is -0.308 e. The summed E-state index contributed by atoms with van der Waals surface area (Å²) in [6.45, 7) is 7.43. The lowest BCUT2D eigenvalue weighted by Gasteiger charge is -2.09. The van der Waals surface area contributed by atoms with Crippen molar-refractivity contribution in [3.05, 3.63) is 85.3 Å². The molecule has 128 valence electrons. The van der Waals surface area contributed by atoms with Gasteiger partial charge < -0.3 is 10.6 Å². The Labute approximate surface area is 146 Å². The van der Waals surface area contributed by atoms with Crippen LogP contribution < -0.4 is 10.6 Å². The number of hydrogen-bond acceptors (Lipinski definition) is 3. The van der Waals surface area contributed by atoms with Crippen molar-refractivity contribution in [3.8, 4) is 0 Å². The summed E-state index contributed by atoms with van der Waals surface area (Å²) >= 11 is 0. The average Bonchev–Trinajstić information content (AvgIpc) is 2.59. The molecule has 0 unspecified atom stereocenters. The highest BCUT2D eigenvalue weighted by molar-refractivity contribution is 5.99. The maximum absolute atomic E-state index is 13.0. The second-order valence-electron chi connectivity index (χ2n) is 5.16. The Bertz CT molecular complexity index is 802. The highest BCUT2D eigenvalue weighted by Crippen LogP contribution is 2.14. The minimum atomic E-state index is -0.658. The quantitative estimate of drug-likeness (QED) is 0.577. The summed E-state index contributed by atoms with van der Waals surface area (Å²) in [6.07, 6.45) is 9.79. The molecule has 0 aliphatic rings. The first-order chi connectivity index (χ1) is 12.1. The van der Waals surface area contributed by atoms with Crippen LogP contribution in [-0.2, 0) is 6.42 Å². The number of pyridine rings is 2. The van der Waals surface area contributed by atoms with E-state index in [9.17, 15) is 9.18 Å². The highest BCUT2D eigenvalue weighted by atomic mass is 19.1. The molecule has 0 bridgehead atoms. The van der Waals surface area contributed by atoms with Gasteiger partial charge in [-0.3, -0.25) is 4.98 Å². The molecule has 0 aliphatic carbocycles. The Balaban J connectivity index is 1.96. The van der Waals surface area contributed by atoms with Gasteiger partial charge in [0.1, 0.15) is 0 Å². The lowest BCUT2D eigenvalue weighted by Crippen LogP contribution is -2.19. The largest absolute Gasteiger partial charge is 0.323 e. The van der Waals surface area contributed by atoms with Crippen molar-refractivity contribution in [2.24, 2.45) is 0 Å². The molecule has 25 heavy (non-hydrogen) atoms. The Morgan fingerprint density at radius 2 is 1.80 bits per heavy atom. The van der Waals surface area contributed by atoms with Crippen LogP contribution in [0, 0.1) is 5.95 Å². The average molecular weight is 338 g/mol. The van der Waals surface area contributed by atoms with Gasteiger partial charge in [0, 0.05) is 35.5 Å². The zero-order valence-corrected chi connectivity index (χ0v) is 13.7. The summed E-state index contributed by atoms with van der Waals surface area (Å²) in [5.41, 5.74) is 2.83. The van der Waals surface area contributed by atoms with Crippen LogP contribution >= 0.6 is 0 Å². The standard InChI is InChI=1S/C19H19FN4O/c1-3-5-14(4-2)6-7-15-12-16(8-10-21-15)23-19(25)24-17-9-11-22-18(20)13-17/h3-5,8-13H,1-2,6-7H2,(H2,21,22,23,24,25)/b14-5+. The van der Waals surface area contributed by atoms with Crippen LogP contribution in [0.2, 0.25) is 0 Å². The molecule has 0 aromatic carbocycles. The van der Waals surface area contributed by atoms with E-state index in [0.717, 1.165) is 23.8 Å². The van der Waals surface area contributed by atoms with Gasteiger partial charge >= 0.3 is 6.03 Å². The maximum Gasteiger partial charge on any atom is 0.323 e. The second kappa shape index (κ2) is 9.12. The van der Waals surface area contributed by atoms with Crippen molar-refractivity contribution in [1.82, 2.24) is 9.97 Å². The van der Waals surface area contributed by atoms with Gasteiger partial charge in [0.15, 0.2) is 0 Å². The zero-order valence-electron chi connectivity index (χ0n) is 13.7. The predicted molar refractivity (Wildman–Crippen MR) is 97.9 cm³/mol. The number of hydrogen-bond donors (Lipinski definition) is 2. The number of nitrogens with zero attached hydrogens (tertiary/aromatic N) is 2. The Kier molecular flexibility index (Phi) is 6.59. The Morgan fingerprint density at radius 3 is 2.44 bits per heavy atom. The molecule has 2 heterocycles. The molecule has 5 nitrogen and oxygen atoms in total. The molecule has 2 aromatic heterocycles. The molecule has 0 atom stereocenters. The minimum absolute atomic E-state index is 0.324. The van der Waals surface area contributed by atoms with Crippen LogP contribution in [0.25, 0.3) is 0 Å². The predicted octanol–water partition coefficient (Wildman–Crippen LogP) is 4.49. The number of aryl methyl sites for hydroxylation is 1. The fourth-order valence-corrected chi connectivity index (χ4v) is 2.14. The second-order valence-corrected chi connectivity index (χ2v) is 5.16. The highest BCUT2D eigenvalue weighted by Gasteiger charge is 2.05. The summed E-state index contributed by atoms with van der Waals surface area (Å²) in [6, 6.07) is 5.65. The van der Waals surface area contributed by atoms with E-state index < -0.39 is 12.0 Å². The number of halogens is 1. The van der Waals surface area contributed by atoms with Crippen LogP contribution in [0.3, 0.4) is 0 Å². The van der Waals surface area contributed by atoms with Crippen LogP contribution in [-0.4, -0.2) is 16.0 Å². The molecule has 0 radical (unpaired) electrons. The molecule has 0 saturated heterocycles. The monoisotopic (exact) mass is 338 g/mol. The fourth-order valence-electron chi connectivity index (χ4n) is 2.14. The van der Waals surface area contributed by atoms with Crippen molar-refractivity contribution < 1.29 is 9.18 Å². The van der Waals surface area contributed by atoms with E-state index in [4.69, 9.17) is 0 Å². The molecular formula is C19H19FN4O. The van der Waals surface area contributed by atoms with Gasteiger partial charge in [0.2, 0.25) is 5.95 Å². The van der Waals surface area contributed by atoms with E-state index >= 15 is 0 Å². The fraction of sp³-hybridized carbons (Fsp3) is 0.105. The molecule has 2 amide bonds. The van der Waals surface area contributed by atoms with Crippen LogP contribution in [0.15, 0.2) is 73.6 Å². The van der Waals surface area contributed by atoms with Crippen molar-refractivity contribution in [2.75, 3.05) is 10.6 Å². The molecule has 2 rings (SSSR count). The number of nitrogens with one attached hydrogen (secondary N) is 2. The normalized spacial score (nSPS) is 10.8. The van der Waals surface area contributed by atoms with Crippen LogP contribution in [0.4, 0.5) is 20.6 Å². The molecule has 0 spiro atoms. The molecular weight excluding hydrogens is 319 g/mol. The van der Waals surface area contributed by atoms with Gasteiger partial charge in [0.25, 0.3) is 0 Å². The first-order valence-corrected chi connectivity index (χ1v) is 7.69. The van der Waals surface area contributed by atoms with E-state index in [1.54, 1.807) is 30.5 Å². The number of rotatable bonds is 7. The molecule has 0 fully saturated rings. The van der Waals surface area contributed by atoms with Crippen LogP contribution in [0.1, 0.15) is 12.1 Å². The van der Waals surface area contributed by atoms with Crippen molar-refractivity contribution in [2.45, 2.75) is 12.8 Å². The van der Waals surface area contributed by atoms with Gasteiger partial charge in [0.05, 0.1) is 0 Å². The first kappa shape index (κ1) is 18.1. The molecule has 2 aromatic rings. The van der Waals surface area contributed by atoms with Crippen molar-refractivity contribution in [3.63, 3.8) is 0 Å². The number of carbonyl (C=O) groups excluding carboxylic acids is 1. The molecule has 2 N–H and O–H groups in total. The molecule has 0 saturated carbocycles. The van der Waals surface area contributed by atoms with E-state index in [-0.39, 0.29) is 0 Å². The third-order valence-electron chi connectivity index (χ3n) is 3.32. The first-order valence-electron chi connectivity index (χ1n) is 7.69. The Hall–Kier alpha value is -3.28. The third kappa shape index (κ3) is 6.02. The van der Waals surface area contributed by atoms with Crippen LogP contribution in [0.5, 0.6) is 0 Å². The summed E-state index contributed by atoms with van der Waals surface area (Å²) in [7, 11) is 0. The van der Waals surface area contributed by atoms with E-state index in [0.29, 0.717) is 17.8 Å². The number of anilines is 2. The number of allylic oxidation sites excluding steroid dienone is 4. The Morgan fingerprint density at radius 1 is 1.12 bits per heavy atom. The molecule has 6 heteroatoms. The number of amides is 2. The van der Waals surface area contributed by atoms with Crippen molar-refractivity contribution in [1.29, 1.82) is 0 Å². The van der Waals surface area contributed by atoms with E-state index in [1.165, 1.54) is 12.3 Å². The van der Waals surface area contributed by atoms with Gasteiger partial charge in [-0.2, -0.15) is 4.39 Å². The van der Waals surface area contributed by atoms with Crippen molar-refractivity contribution >= 4 is 17.4 Å². The summed E-state index contributed by atoms with van der Waals surface area (Å²) < 4.78 is 13.0. The lowest BCUT2D eigenvalue weighted by molar-refractivity contribution is 0.262. The molecule has 0 aliphatic heterocycles. The smallest absolute Gasteiger partial charge is 0.308 e. The van der Waals surface area contributed by atoms with Gasteiger partial charge in [-0.15, -0.1) is 0 Å². The van der Waals surface area contributed by atoms with Gasteiger partial charge in [-0.25, -0.2) is 9.78 Å². The zero-order chi connectivity index (χ0) is 18.1.